The highest BCUT2D eigenvalue weighted by atomic mass is 16.6. The number of nitrogens with zero attached hydrogens (tertiary/aromatic N) is 1. The molecule has 0 saturated carbocycles. The number of nitro groups is 1. The Balaban J connectivity index is 1.92. The van der Waals surface area contributed by atoms with Gasteiger partial charge in [0.15, 0.2) is 11.5 Å². The van der Waals surface area contributed by atoms with Gasteiger partial charge in [0.1, 0.15) is 5.78 Å². The predicted octanol–water partition coefficient (Wildman–Crippen LogP) is 3.36. The topological polar surface area (TPSA) is 78.7 Å². The van der Waals surface area contributed by atoms with Crippen LogP contribution in [0, 0.1) is 10.1 Å². The number of benzene rings is 2. The van der Waals surface area contributed by atoms with Crippen LogP contribution in [0.2, 0.25) is 0 Å². The molecule has 24 heavy (non-hydrogen) atoms. The van der Waals surface area contributed by atoms with Crippen LogP contribution in [0.1, 0.15) is 17.5 Å². The van der Waals surface area contributed by atoms with Crippen LogP contribution < -0.4 is 9.47 Å². The van der Waals surface area contributed by atoms with E-state index in [2.05, 4.69) is 0 Å². The minimum absolute atomic E-state index is 0.0513. The van der Waals surface area contributed by atoms with Gasteiger partial charge in [0, 0.05) is 25.0 Å². The van der Waals surface area contributed by atoms with E-state index in [1.165, 1.54) is 12.1 Å². The quantitative estimate of drug-likeness (QED) is 0.548. The average Bonchev–Trinajstić information content (AvgIpc) is 2.60. The molecule has 0 aliphatic heterocycles. The van der Waals surface area contributed by atoms with E-state index >= 15 is 0 Å². The van der Waals surface area contributed by atoms with Crippen molar-refractivity contribution in [3.05, 3.63) is 63.7 Å². The first-order chi connectivity index (χ1) is 11.5. The molecule has 0 saturated heterocycles. The Kier molecular flexibility index (Phi) is 5.89. The van der Waals surface area contributed by atoms with Gasteiger partial charge in [0.05, 0.1) is 19.1 Å². The van der Waals surface area contributed by atoms with Crippen LogP contribution in [0.4, 0.5) is 5.69 Å². The van der Waals surface area contributed by atoms with Crippen LogP contribution >= 0.6 is 0 Å². The fourth-order valence-corrected chi connectivity index (χ4v) is 2.37. The van der Waals surface area contributed by atoms with E-state index in [9.17, 15) is 14.9 Å². The smallest absolute Gasteiger partial charge is 0.269 e. The molecule has 2 aromatic carbocycles. The van der Waals surface area contributed by atoms with Crippen LogP contribution in [0.3, 0.4) is 0 Å². The number of nitro benzene ring substituents is 1. The molecule has 0 N–H and O–H groups in total. The van der Waals surface area contributed by atoms with Gasteiger partial charge in [-0.05, 0) is 29.7 Å². The molecule has 2 rings (SSSR count). The van der Waals surface area contributed by atoms with Crippen LogP contribution in [0.25, 0.3) is 0 Å². The van der Waals surface area contributed by atoms with Crippen LogP contribution in [0.5, 0.6) is 11.5 Å². The number of hydrogen-bond donors (Lipinski definition) is 0. The molecule has 0 spiro atoms. The standard InChI is InChI=1S/C18H19NO5/c1-23-17-10-6-14(12-18(17)24-2)11-16(20)9-5-13-3-7-15(8-4-13)19(21)22/h3-4,6-8,10,12H,5,9,11H2,1-2H3. The minimum atomic E-state index is -0.438. The Morgan fingerprint density at radius 1 is 1.00 bits per heavy atom. The number of rotatable bonds is 8. The van der Waals surface area contributed by atoms with E-state index in [1.807, 2.05) is 6.07 Å². The lowest BCUT2D eigenvalue weighted by Crippen LogP contribution is -2.05. The van der Waals surface area contributed by atoms with Crippen molar-refractivity contribution in [2.24, 2.45) is 0 Å². The van der Waals surface area contributed by atoms with E-state index in [4.69, 9.17) is 9.47 Å². The van der Waals surface area contributed by atoms with Crippen molar-refractivity contribution in [3.63, 3.8) is 0 Å². The number of non-ortho nitro benzene ring substituents is 1. The third-order valence-electron chi connectivity index (χ3n) is 3.69. The maximum Gasteiger partial charge on any atom is 0.269 e. The summed E-state index contributed by atoms with van der Waals surface area (Å²) in [4.78, 5) is 22.3. The van der Waals surface area contributed by atoms with Crippen molar-refractivity contribution >= 4 is 11.5 Å². The molecule has 0 unspecified atom stereocenters. The number of ketones is 1. The van der Waals surface area contributed by atoms with Gasteiger partial charge in [-0.2, -0.15) is 0 Å². The molecule has 0 atom stereocenters. The average molecular weight is 329 g/mol. The van der Waals surface area contributed by atoms with E-state index in [0.717, 1.165) is 11.1 Å². The zero-order valence-corrected chi connectivity index (χ0v) is 13.7. The molecule has 6 nitrogen and oxygen atoms in total. The zero-order valence-electron chi connectivity index (χ0n) is 13.7. The molecule has 2 aromatic rings. The number of carbonyl (C=O) groups excluding carboxylic acids is 1. The Morgan fingerprint density at radius 2 is 1.62 bits per heavy atom. The second kappa shape index (κ2) is 8.10. The Labute approximate surface area is 140 Å². The molecule has 0 amide bonds. The fraction of sp³-hybridized carbons (Fsp3) is 0.278. The van der Waals surface area contributed by atoms with Gasteiger partial charge in [-0.25, -0.2) is 0 Å². The van der Waals surface area contributed by atoms with Crippen molar-refractivity contribution in [1.82, 2.24) is 0 Å². The summed E-state index contributed by atoms with van der Waals surface area (Å²) in [7, 11) is 3.12. The van der Waals surface area contributed by atoms with Gasteiger partial charge in [0.25, 0.3) is 5.69 Å². The summed E-state index contributed by atoms with van der Waals surface area (Å²) in [5, 5.41) is 10.6. The Hall–Kier alpha value is -2.89. The number of carbonyl (C=O) groups is 1. The van der Waals surface area contributed by atoms with Crippen LogP contribution in [-0.4, -0.2) is 24.9 Å². The second-order valence-corrected chi connectivity index (χ2v) is 5.33. The number of Topliss-reactive ketones (excluding diaryl/α,β-unsaturated/α-hetero) is 1. The van der Waals surface area contributed by atoms with E-state index in [1.54, 1.807) is 38.5 Å². The van der Waals surface area contributed by atoms with Crippen molar-refractivity contribution < 1.29 is 19.2 Å². The molecule has 0 fully saturated rings. The largest absolute Gasteiger partial charge is 0.493 e. The highest BCUT2D eigenvalue weighted by Gasteiger charge is 2.10. The van der Waals surface area contributed by atoms with Gasteiger partial charge in [-0.1, -0.05) is 18.2 Å². The molecule has 126 valence electrons. The van der Waals surface area contributed by atoms with Gasteiger partial charge >= 0.3 is 0 Å². The normalized spacial score (nSPS) is 10.2. The molecule has 0 aliphatic rings. The van der Waals surface area contributed by atoms with Crippen molar-refractivity contribution in [3.8, 4) is 11.5 Å². The number of ether oxygens (including phenoxy) is 2. The van der Waals surface area contributed by atoms with Gasteiger partial charge in [0.2, 0.25) is 0 Å². The third-order valence-corrected chi connectivity index (χ3v) is 3.69. The second-order valence-electron chi connectivity index (χ2n) is 5.33. The maximum atomic E-state index is 12.1. The number of methoxy groups -OCH3 is 2. The Bertz CT molecular complexity index is 725. The summed E-state index contributed by atoms with van der Waals surface area (Å²) in [5.41, 5.74) is 1.82. The lowest BCUT2D eigenvalue weighted by Gasteiger charge is -2.09. The number of aryl methyl sites for hydroxylation is 1. The predicted molar refractivity (Wildman–Crippen MR) is 89.7 cm³/mol. The molecule has 0 bridgehead atoms. The van der Waals surface area contributed by atoms with Gasteiger partial charge < -0.3 is 9.47 Å². The summed E-state index contributed by atoms with van der Waals surface area (Å²) in [6.07, 6.45) is 1.25. The molecule has 6 heteroatoms. The first-order valence-corrected chi connectivity index (χ1v) is 7.49. The van der Waals surface area contributed by atoms with Crippen molar-refractivity contribution in [1.29, 1.82) is 0 Å². The van der Waals surface area contributed by atoms with Gasteiger partial charge in [-0.3, -0.25) is 14.9 Å². The monoisotopic (exact) mass is 329 g/mol. The molecule has 0 aliphatic carbocycles. The first kappa shape index (κ1) is 17.5. The summed E-state index contributed by atoms with van der Waals surface area (Å²) in [6.45, 7) is 0. The van der Waals surface area contributed by atoms with Crippen LogP contribution in [-0.2, 0) is 17.6 Å². The number of hydrogen-bond acceptors (Lipinski definition) is 5. The molecular formula is C18H19NO5. The summed E-state index contributed by atoms with van der Waals surface area (Å²) in [6, 6.07) is 11.7. The summed E-state index contributed by atoms with van der Waals surface area (Å²) >= 11 is 0. The lowest BCUT2D eigenvalue weighted by atomic mass is 10.0. The molecule has 0 aromatic heterocycles. The van der Waals surface area contributed by atoms with Crippen molar-refractivity contribution in [2.45, 2.75) is 19.3 Å². The first-order valence-electron chi connectivity index (χ1n) is 7.49. The third kappa shape index (κ3) is 4.55. The summed E-state index contributed by atoms with van der Waals surface area (Å²) in [5.74, 6) is 1.32. The fourth-order valence-electron chi connectivity index (χ4n) is 2.37. The highest BCUT2D eigenvalue weighted by Crippen LogP contribution is 2.27. The van der Waals surface area contributed by atoms with Gasteiger partial charge in [-0.15, -0.1) is 0 Å². The van der Waals surface area contributed by atoms with E-state index in [-0.39, 0.29) is 11.5 Å². The van der Waals surface area contributed by atoms with Crippen molar-refractivity contribution in [2.75, 3.05) is 14.2 Å². The molecule has 0 heterocycles. The molecule has 0 radical (unpaired) electrons. The van der Waals surface area contributed by atoms with E-state index < -0.39 is 4.92 Å². The zero-order chi connectivity index (χ0) is 17.5. The minimum Gasteiger partial charge on any atom is -0.493 e. The Morgan fingerprint density at radius 3 is 2.21 bits per heavy atom. The van der Waals surface area contributed by atoms with Crippen LogP contribution in [0.15, 0.2) is 42.5 Å². The summed E-state index contributed by atoms with van der Waals surface area (Å²) < 4.78 is 10.4. The molecular weight excluding hydrogens is 310 g/mol. The highest BCUT2D eigenvalue weighted by molar-refractivity contribution is 5.81. The van der Waals surface area contributed by atoms with E-state index in [0.29, 0.717) is 30.8 Å². The lowest BCUT2D eigenvalue weighted by molar-refractivity contribution is -0.384. The maximum absolute atomic E-state index is 12.1. The SMILES string of the molecule is COc1ccc(CC(=O)CCc2ccc([N+](=O)[O-])cc2)cc1OC.